The van der Waals surface area contributed by atoms with Gasteiger partial charge in [0.2, 0.25) is 0 Å². The van der Waals surface area contributed by atoms with Crippen molar-refractivity contribution in [1.29, 1.82) is 0 Å². The summed E-state index contributed by atoms with van der Waals surface area (Å²) in [4.78, 5) is 0. The molecule has 0 N–H and O–H groups in total. The van der Waals surface area contributed by atoms with E-state index in [4.69, 9.17) is 11.6 Å². The van der Waals surface area contributed by atoms with Crippen LogP contribution in [0.5, 0.6) is 0 Å². The molecule has 1 rings (SSSR count). The van der Waals surface area contributed by atoms with Gasteiger partial charge in [-0.1, -0.05) is 49.0 Å². The summed E-state index contributed by atoms with van der Waals surface area (Å²) < 4.78 is 36.5. The lowest BCUT2D eigenvalue weighted by atomic mass is 9.77. The molecule has 0 aliphatic heterocycles. The van der Waals surface area contributed by atoms with Crippen LogP contribution in [-0.2, 0) is 5.41 Å². The minimum absolute atomic E-state index is 0.0272. The fourth-order valence-electron chi connectivity index (χ4n) is 1.92. The lowest BCUT2D eigenvalue weighted by Gasteiger charge is -2.31. The molecule has 0 saturated carbocycles. The molecule has 1 unspecified atom stereocenters. The molecular weight excluding hydrogens is 281 g/mol. The second kappa shape index (κ2) is 6.71. The SMILES string of the molecule is CCC(CCl)(CCSC(F)(F)F)c1ccccc1. The number of halogens is 4. The van der Waals surface area contributed by atoms with Crippen LogP contribution < -0.4 is 0 Å². The summed E-state index contributed by atoms with van der Waals surface area (Å²) in [7, 11) is 0. The Morgan fingerprint density at radius 1 is 1.17 bits per heavy atom. The Morgan fingerprint density at radius 3 is 2.22 bits per heavy atom. The molecule has 102 valence electrons. The van der Waals surface area contributed by atoms with Gasteiger partial charge in [-0.2, -0.15) is 13.2 Å². The molecule has 5 heteroatoms. The molecule has 1 aromatic rings. The molecule has 0 bridgehead atoms. The fraction of sp³-hybridized carbons (Fsp3) is 0.538. The van der Waals surface area contributed by atoms with Gasteiger partial charge >= 0.3 is 5.51 Å². The van der Waals surface area contributed by atoms with Crippen molar-refractivity contribution in [3.05, 3.63) is 35.9 Å². The molecule has 0 aromatic heterocycles. The highest BCUT2D eigenvalue weighted by atomic mass is 35.5. The summed E-state index contributed by atoms with van der Waals surface area (Å²) in [6, 6.07) is 9.54. The Hall–Kier alpha value is -0.350. The van der Waals surface area contributed by atoms with E-state index in [2.05, 4.69) is 0 Å². The topological polar surface area (TPSA) is 0 Å². The van der Waals surface area contributed by atoms with E-state index in [0.717, 1.165) is 12.0 Å². The molecule has 0 radical (unpaired) electrons. The molecule has 0 spiro atoms. The van der Waals surface area contributed by atoms with Crippen LogP contribution in [0.2, 0.25) is 0 Å². The van der Waals surface area contributed by atoms with Gasteiger partial charge < -0.3 is 0 Å². The second-order valence-corrected chi connectivity index (χ2v) is 5.60. The Balaban J connectivity index is 2.76. The number of rotatable bonds is 6. The van der Waals surface area contributed by atoms with Gasteiger partial charge in [-0.3, -0.25) is 0 Å². The molecule has 0 heterocycles. The maximum absolute atomic E-state index is 12.2. The Morgan fingerprint density at radius 2 is 1.78 bits per heavy atom. The minimum atomic E-state index is -4.16. The van der Waals surface area contributed by atoms with Crippen LogP contribution >= 0.6 is 23.4 Å². The van der Waals surface area contributed by atoms with Crippen molar-refractivity contribution in [1.82, 2.24) is 0 Å². The molecule has 0 saturated heterocycles. The highest BCUT2D eigenvalue weighted by Gasteiger charge is 2.33. The van der Waals surface area contributed by atoms with Crippen LogP contribution in [-0.4, -0.2) is 17.1 Å². The van der Waals surface area contributed by atoms with E-state index < -0.39 is 5.51 Å². The van der Waals surface area contributed by atoms with Gasteiger partial charge in [0.15, 0.2) is 0 Å². The quantitative estimate of drug-likeness (QED) is 0.649. The number of hydrogen-bond acceptors (Lipinski definition) is 1. The van der Waals surface area contributed by atoms with Crippen LogP contribution in [0.25, 0.3) is 0 Å². The normalized spacial score (nSPS) is 15.4. The Labute approximate surface area is 115 Å². The third-order valence-corrected chi connectivity index (χ3v) is 4.41. The predicted molar refractivity (Wildman–Crippen MR) is 72.3 cm³/mol. The molecule has 0 aliphatic rings. The van der Waals surface area contributed by atoms with Crippen molar-refractivity contribution in [3.63, 3.8) is 0 Å². The lowest BCUT2D eigenvalue weighted by molar-refractivity contribution is -0.0328. The zero-order valence-electron chi connectivity index (χ0n) is 10.1. The molecule has 0 amide bonds. The monoisotopic (exact) mass is 296 g/mol. The molecule has 0 aliphatic carbocycles. The van der Waals surface area contributed by atoms with E-state index >= 15 is 0 Å². The van der Waals surface area contributed by atoms with E-state index in [0.29, 0.717) is 12.3 Å². The average molecular weight is 297 g/mol. The van der Waals surface area contributed by atoms with Crippen LogP contribution in [0.3, 0.4) is 0 Å². The first-order chi connectivity index (χ1) is 8.43. The first kappa shape index (κ1) is 15.7. The van der Waals surface area contributed by atoms with E-state index in [1.807, 2.05) is 37.3 Å². The van der Waals surface area contributed by atoms with Gasteiger partial charge in [-0.15, -0.1) is 11.6 Å². The maximum atomic E-state index is 12.2. The van der Waals surface area contributed by atoms with Gasteiger partial charge in [0.1, 0.15) is 0 Å². The van der Waals surface area contributed by atoms with Gasteiger partial charge in [0.25, 0.3) is 0 Å². The van der Waals surface area contributed by atoms with Crippen LogP contribution in [0, 0.1) is 0 Å². The summed E-state index contributed by atoms with van der Waals surface area (Å²) in [5, 5.41) is 0. The van der Waals surface area contributed by atoms with Crippen molar-refractivity contribution in [2.75, 3.05) is 11.6 Å². The zero-order valence-corrected chi connectivity index (χ0v) is 11.7. The summed E-state index contributed by atoms with van der Waals surface area (Å²) >= 11 is 6.05. The first-order valence-corrected chi connectivity index (χ1v) is 7.28. The van der Waals surface area contributed by atoms with Crippen molar-refractivity contribution < 1.29 is 13.2 Å². The van der Waals surface area contributed by atoms with Crippen LogP contribution in [0.15, 0.2) is 30.3 Å². The molecule has 1 atom stereocenters. The smallest absolute Gasteiger partial charge is 0.160 e. The first-order valence-electron chi connectivity index (χ1n) is 5.76. The molecular formula is C13H16ClF3S. The summed E-state index contributed by atoms with van der Waals surface area (Å²) in [6.45, 7) is 1.97. The van der Waals surface area contributed by atoms with Gasteiger partial charge in [0, 0.05) is 17.0 Å². The van der Waals surface area contributed by atoms with Crippen molar-refractivity contribution in [3.8, 4) is 0 Å². The van der Waals surface area contributed by atoms with Crippen LogP contribution in [0.4, 0.5) is 13.2 Å². The highest BCUT2D eigenvalue weighted by Crippen LogP contribution is 2.38. The summed E-state index contributed by atoms with van der Waals surface area (Å²) in [5.74, 6) is 0.380. The fourth-order valence-corrected chi connectivity index (χ4v) is 3.12. The van der Waals surface area contributed by atoms with E-state index in [-0.39, 0.29) is 22.9 Å². The molecule has 1 aromatic carbocycles. The molecule has 18 heavy (non-hydrogen) atoms. The number of hydrogen-bond donors (Lipinski definition) is 0. The van der Waals surface area contributed by atoms with E-state index in [9.17, 15) is 13.2 Å². The predicted octanol–water partition coefficient (Wildman–Crippen LogP) is 5.22. The largest absolute Gasteiger partial charge is 0.441 e. The highest BCUT2D eigenvalue weighted by molar-refractivity contribution is 8.00. The average Bonchev–Trinajstić information content (AvgIpc) is 2.35. The van der Waals surface area contributed by atoms with Crippen LogP contribution in [0.1, 0.15) is 25.3 Å². The lowest BCUT2D eigenvalue weighted by Crippen LogP contribution is -2.28. The second-order valence-electron chi connectivity index (χ2n) is 4.18. The maximum Gasteiger partial charge on any atom is 0.441 e. The third-order valence-electron chi connectivity index (χ3n) is 3.17. The molecule has 0 fully saturated rings. The minimum Gasteiger partial charge on any atom is -0.160 e. The number of benzene rings is 1. The molecule has 0 nitrogen and oxygen atoms in total. The standard InChI is InChI=1S/C13H16ClF3S/c1-2-12(10-14,8-9-18-13(15,16)17)11-6-4-3-5-7-11/h3-7H,2,8-10H2,1H3. The van der Waals surface area contributed by atoms with Gasteiger partial charge in [0.05, 0.1) is 0 Å². The van der Waals surface area contributed by atoms with Crippen molar-refractivity contribution >= 4 is 23.4 Å². The van der Waals surface area contributed by atoms with Crippen molar-refractivity contribution in [2.45, 2.75) is 30.7 Å². The van der Waals surface area contributed by atoms with E-state index in [1.165, 1.54) is 0 Å². The van der Waals surface area contributed by atoms with Gasteiger partial charge in [-0.25, -0.2) is 0 Å². The number of thioether (sulfide) groups is 1. The number of alkyl halides is 4. The Kier molecular flexibility index (Phi) is 5.86. The zero-order chi connectivity index (χ0) is 13.6. The summed E-state index contributed by atoms with van der Waals surface area (Å²) in [5.41, 5.74) is -3.51. The van der Waals surface area contributed by atoms with Crippen molar-refractivity contribution in [2.24, 2.45) is 0 Å². The summed E-state index contributed by atoms with van der Waals surface area (Å²) in [6.07, 6.45) is 1.17. The third kappa shape index (κ3) is 4.39. The Bertz CT molecular complexity index is 347. The van der Waals surface area contributed by atoms with Gasteiger partial charge in [-0.05, 0) is 18.4 Å². The van der Waals surface area contributed by atoms with E-state index in [1.54, 1.807) is 0 Å².